The molecule has 0 amide bonds. The molecule has 0 atom stereocenters. The largest absolute Gasteiger partial charge is 0.437 e. The summed E-state index contributed by atoms with van der Waals surface area (Å²) in [5, 5.41) is 0. The highest BCUT2D eigenvalue weighted by Crippen LogP contribution is 2.39. The second-order valence-electron chi connectivity index (χ2n) is 8.23. The molecule has 21 heavy (non-hydrogen) atoms. The Bertz CT molecular complexity index is 333. The number of rotatable bonds is 8. The zero-order valence-electron chi connectivity index (χ0n) is 15.8. The zero-order valence-corrected chi connectivity index (χ0v) is 20.5. The Labute approximate surface area is 141 Å². The molecule has 0 saturated carbocycles. The standard InChI is InChI=1S/C13H35ClO3Si4/c1-12(2)21(14,13(3)4)17-20(10,11)16-19(8,9)15-18(5,6)7/h12-13H,1-11H3. The molecule has 0 radical (unpaired) electrons. The maximum Gasteiger partial charge on any atom is 0.313 e. The van der Waals surface area contributed by atoms with Gasteiger partial charge in [-0.1, -0.05) is 27.7 Å². The summed E-state index contributed by atoms with van der Waals surface area (Å²) >= 11 is 6.91. The van der Waals surface area contributed by atoms with Gasteiger partial charge in [0.1, 0.15) is 0 Å². The van der Waals surface area contributed by atoms with Crippen molar-refractivity contribution in [3.63, 3.8) is 0 Å². The molecule has 128 valence electrons. The quantitative estimate of drug-likeness (QED) is 0.391. The summed E-state index contributed by atoms with van der Waals surface area (Å²) in [6.07, 6.45) is 0. The van der Waals surface area contributed by atoms with Gasteiger partial charge in [-0.25, -0.2) is 0 Å². The topological polar surface area (TPSA) is 27.7 Å². The van der Waals surface area contributed by atoms with Crippen LogP contribution in [0, 0.1) is 0 Å². The first-order valence-corrected chi connectivity index (χ1v) is 19.9. The fraction of sp³-hybridized carbons (Fsp3) is 1.00. The highest BCUT2D eigenvalue weighted by molar-refractivity contribution is 7.20. The van der Waals surface area contributed by atoms with Crippen molar-refractivity contribution in [2.45, 2.75) is 84.6 Å². The lowest BCUT2D eigenvalue weighted by Crippen LogP contribution is -2.57. The lowest BCUT2D eigenvalue weighted by Gasteiger charge is -2.42. The van der Waals surface area contributed by atoms with Crippen molar-refractivity contribution in [3.05, 3.63) is 0 Å². The van der Waals surface area contributed by atoms with Crippen LogP contribution in [0.3, 0.4) is 0 Å². The zero-order chi connectivity index (χ0) is 17.3. The molecule has 0 N–H and O–H groups in total. The third-order valence-electron chi connectivity index (χ3n) is 3.02. The van der Waals surface area contributed by atoms with Gasteiger partial charge in [0.25, 0.3) is 7.63 Å². The Morgan fingerprint density at radius 1 is 0.619 bits per heavy atom. The molecule has 0 aromatic rings. The molecule has 8 heteroatoms. The second-order valence-corrected chi connectivity index (χ2v) is 26.0. The lowest BCUT2D eigenvalue weighted by atomic mass is 10.5. The van der Waals surface area contributed by atoms with E-state index in [1.54, 1.807) is 0 Å². The maximum absolute atomic E-state index is 6.91. The first-order chi connectivity index (χ1) is 9.01. The van der Waals surface area contributed by atoms with Crippen molar-refractivity contribution in [2.75, 3.05) is 0 Å². The van der Waals surface area contributed by atoms with Gasteiger partial charge in [-0.15, -0.1) is 11.1 Å². The fourth-order valence-electron chi connectivity index (χ4n) is 2.65. The van der Waals surface area contributed by atoms with Crippen LogP contribution >= 0.6 is 11.1 Å². The van der Waals surface area contributed by atoms with E-state index in [0.717, 1.165) is 0 Å². The first-order valence-electron chi connectivity index (χ1n) is 7.80. The lowest BCUT2D eigenvalue weighted by molar-refractivity contribution is 0.327. The van der Waals surface area contributed by atoms with Crippen LogP contribution in [-0.4, -0.2) is 33.1 Å². The Morgan fingerprint density at radius 3 is 1.24 bits per heavy atom. The Balaban J connectivity index is 5.06. The van der Waals surface area contributed by atoms with Crippen LogP contribution in [-0.2, 0) is 12.3 Å². The van der Waals surface area contributed by atoms with Crippen LogP contribution < -0.4 is 0 Å². The third-order valence-corrected chi connectivity index (χ3v) is 21.0. The second kappa shape index (κ2) is 7.29. The van der Waals surface area contributed by atoms with Gasteiger partial charge in [-0.2, -0.15) is 0 Å². The van der Waals surface area contributed by atoms with Crippen molar-refractivity contribution < 1.29 is 12.3 Å². The Kier molecular flexibility index (Phi) is 7.65. The molecular formula is C13H35ClO3Si4. The molecule has 0 unspecified atom stereocenters. The van der Waals surface area contributed by atoms with E-state index in [9.17, 15) is 0 Å². The monoisotopic (exact) mass is 386 g/mol. The van der Waals surface area contributed by atoms with Gasteiger partial charge in [0, 0.05) is 0 Å². The van der Waals surface area contributed by atoms with Gasteiger partial charge in [-0.05, 0) is 56.9 Å². The molecule has 0 aliphatic rings. The number of hydrogen-bond acceptors (Lipinski definition) is 3. The maximum atomic E-state index is 6.91. The Morgan fingerprint density at radius 2 is 0.952 bits per heavy atom. The summed E-state index contributed by atoms with van der Waals surface area (Å²) in [7, 11) is -8.42. The number of hydrogen-bond donors (Lipinski definition) is 0. The van der Waals surface area contributed by atoms with Crippen LogP contribution in [0.4, 0.5) is 0 Å². The highest BCUT2D eigenvalue weighted by Gasteiger charge is 2.48. The van der Waals surface area contributed by atoms with E-state index in [1.807, 2.05) is 0 Å². The van der Waals surface area contributed by atoms with Crippen LogP contribution in [0.1, 0.15) is 27.7 Å². The van der Waals surface area contributed by atoms with E-state index >= 15 is 0 Å². The molecule has 0 fully saturated rings. The van der Waals surface area contributed by atoms with E-state index in [0.29, 0.717) is 11.1 Å². The van der Waals surface area contributed by atoms with Gasteiger partial charge in [0.15, 0.2) is 8.32 Å². The van der Waals surface area contributed by atoms with E-state index in [1.165, 1.54) is 0 Å². The van der Waals surface area contributed by atoms with Crippen molar-refractivity contribution in [3.8, 4) is 0 Å². The third kappa shape index (κ3) is 7.91. The minimum Gasteiger partial charge on any atom is -0.437 e. The van der Waals surface area contributed by atoms with Crippen molar-refractivity contribution >= 4 is 44.1 Å². The summed E-state index contributed by atoms with van der Waals surface area (Å²) in [4.78, 5) is 0. The minimum absolute atomic E-state index is 0.359. The first kappa shape index (κ1) is 22.0. The van der Waals surface area contributed by atoms with Gasteiger partial charge in [0.2, 0.25) is 0 Å². The Hall–Kier alpha value is 1.04. The molecule has 0 saturated heterocycles. The van der Waals surface area contributed by atoms with Gasteiger partial charge >= 0.3 is 17.1 Å². The fourth-order valence-corrected chi connectivity index (χ4v) is 22.3. The van der Waals surface area contributed by atoms with Gasteiger partial charge < -0.3 is 12.3 Å². The summed E-state index contributed by atoms with van der Waals surface area (Å²) in [5.41, 5.74) is 0.717. The molecule has 0 bridgehead atoms. The van der Waals surface area contributed by atoms with Crippen LogP contribution in [0.2, 0.25) is 56.9 Å². The molecule has 0 rings (SSSR count). The average molecular weight is 387 g/mol. The molecule has 0 aliphatic carbocycles. The molecule has 0 aromatic carbocycles. The normalized spacial score (nSPS) is 15.1. The van der Waals surface area contributed by atoms with Gasteiger partial charge in [-0.3, -0.25) is 0 Å². The average Bonchev–Trinajstić information content (AvgIpc) is 2.08. The molecule has 0 aliphatic heterocycles. The van der Waals surface area contributed by atoms with E-state index in [4.69, 9.17) is 23.4 Å². The molecule has 0 spiro atoms. The smallest absolute Gasteiger partial charge is 0.313 e. The SMILES string of the molecule is CC(C)[Si](Cl)(O[Si](C)(C)O[Si](C)(C)O[Si](C)(C)C)C(C)C. The predicted octanol–water partition coefficient (Wildman–Crippen LogP) is 5.78. The summed E-state index contributed by atoms with van der Waals surface area (Å²) < 4.78 is 19.2. The minimum atomic E-state index is -2.31. The van der Waals surface area contributed by atoms with Crippen LogP contribution in [0.5, 0.6) is 0 Å². The molecule has 0 heterocycles. The summed E-state index contributed by atoms with van der Waals surface area (Å²) in [6.45, 7) is 23.7. The predicted molar refractivity (Wildman–Crippen MR) is 103 cm³/mol. The molecule has 3 nitrogen and oxygen atoms in total. The van der Waals surface area contributed by atoms with Crippen molar-refractivity contribution in [1.29, 1.82) is 0 Å². The highest BCUT2D eigenvalue weighted by atomic mass is 35.6. The molecule has 0 aromatic heterocycles. The number of halogens is 1. The molecular weight excluding hydrogens is 352 g/mol. The van der Waals surface area contributed by atoms with Crippen LogP contribution in [0.25, 0.3) is 0 Å². The van der Waals surface area contributed by atoms with Crippen LogP contribution in [0.15, 0.2) is 0 Å². The van der Waals surface area contributed by atoms with Crippen molar-refractivity contribution in [1.82, 2.24) is 0 Å². The summed E-state index contributed by atoms with van der Waals surface area (Å²) in [5.74, 6) is 0. The summed E-state index contributed by atoms with van der Waals surface area (Å²) in [6, 6.07) is 0. The van der Waals surface area contributed by atoms with Crippen molar-refractivity contribution in [2.24, 2.45) is 0 Å². The van der Waals surface area contributed by atoms with Gasteiger partial charge in [0.05, 0.1) is 0 Å². The van der Waals surface area contributed by atoms with E-state index in [-0.39, 0.29) is 0 Å². The van der Waals surface area contributed by atoms with E-state index < -0.39 is 33.1 Å². The van der Waals surface area contributed by atoms with E-state index in [2.05, 4.69) is 73.5 Å².